The molecule has 2 aromatic rings. The lowest BCUT2D eigenvalue weighted by molar-refractivity contribution is 0.201. The van der Waals surface area contributed by atoms with E-state index in [4.69, 9.17) is 14.2 Å². The van der Waals surface area contributed by atoms with Crippen molar-refractivity contribution in [1.82, 2.24) is 4.90 Å². The highest BCUT2D eigenvalue weighted by molar-refractivity contribution is 6.10. The minimum atomic E-state index is -0.271. The fourth-order valence-electron chi connectivity index (χ4n) is 3.97. The highest BCUT2D eigenvalue weighted by Crippen LogP contribution is 2.34. The normalized spacial score (nSPS) is 16.3. The molecule has 4 rings (SSSR count). The third-order valence-corrected chi connectivity index (χ3v) is 5.88. The van der Waals surface area contributed by atoms with Crippen molar-refractivity contribution in [3.05, 3.63) is 71.9 Å². The average Bonchev–Trinajstić information content (AvgIpc) is 3.31. The van der Waals surface area contributed by atoms with Crippen LogP contribution in [0.25, 0.3) is 5.57 Å². The smallest absolute Gasteiger partial charge is 0.162 e. The first-order valence-electron chi connectivity index (χ1n) is 11.0. The Morgan fingerprint density at radius 1 is 1.12 bits per heavy atom. The minimum Gasteiger partial charge on any atom is -0.493 e. The van der Waals surface area contributed by atoms with Crippen LogP contribution in [0.2, 0.25) is 0 Å². The van der Waals surface area contributed by atoms with Gasteiger partial charge in [0.05, 0.1) is 19.8 Å². The van der Waals surface area contributed by atoms with E-state index in [2.05, 4.69) is 11.6 Å². The van der Waals surface area contributed by atoms with E-state index in [1.807, 2.05) is 29.3 Å². The summed E-state index contributed by atoms with van der Waals surface area (Å²) < 4.78 is 31.3. The van der Waals surface area contributed by atoms with E-state index < -0.39 is 0 Å². The van der Waals surface area contributed by atoms with Gasteiger partial charge in [-0.25, -0.2) is 9.38 Å². The molecule has 0 spiro atoms. The van der Waals surface area contributed by atoms with Gasteiger partial charge in [0.25, 0.3) is 0 Å². The molecule has 0 amide bonds. The molecule has 1 aliphatic heterocycles. The number of hydrogen-bond acceptors (Lipinski definition) is 5. The van der Waals surface area contributed by atoms with E-state index in [-0.39, 0.29) is 11.9 Å². The lowest BCUT2D eigenvalue weighted by atomic mass is 10.1. The summed E-state index contributed by atoms with van der Waals surface area (Å²) in [5.41, 5.74) is 2.44. The largest absolute Gasteiger partial charge is 0.493 e. The first kappa shape index (κ1) is 21.9. The molecule has 2 aliphatic rings. The molecular formula is C26H29FN2O3. The number of benzene rings is 2. The van der Waals surface area contributed by atoms with Crippen LogP contribution in [0.1, 0.15) is 36.8 Å². The van der Waals surface area contributed by atoms with Crippen molar-refractivity contribution in [2.45, 2.75) is 38.7 Å². The van der Waals surface area contributed by atoms with Crippen molar-refractivity contribution in [3.63, 3.8) is 0 Å². The van der Waals surface area contributed by atoms with Gasteiger partial charge >= 0.3 is 0 Å². The van der Waals surface area contributed by atoms with Crippen molar-refractivity contribution in [2.24, 2.45) is 4.99 Å². The zero-order valence-corrected chi connectivity index (χ0v) is 18.6. The summed E-state index contributed by atoms with van der Waals surface area (Å²) in [4.78, 5) is 6.39. The fraction of sp³-hybridized carbons (Fsp3) is 0.346. The Bertz CT molecular complexity index is 1040. The lowest BCUT2D eigenvalue weighted by Crippen LogP contribution is -2.24. The van der Waals surface area contributed by atoms with E-state index in [0.29, 0.717) is 30.3 Å². The van der Waals surface area contributed by atoms with Crippen molar-refractivity contribution in [1.29, 1.82) is 0 Å². The Morgan fingerprint density at radius 2 is 1.94 bits per heavy atom. The van der Waals surface area contributed by atoms with Gasteiger partial charge < -0.3 is 19.1 Å². The Morgan fingerprint density at radius 3 is 2.72 bits per heavy atom. The number of methoxy groups -OCH3 is 1. The van der Waals surface area contributed by atoms with Crippen LogP contribution >= 0.6 is 0 Å². The standard InChI is InChI=1S/C26H29FN2O3/c1-18-23(27)9-6-10-24(18)31-14-13-29-17-21(16-28-19(29)2)20-11-12-25(30-3)26(15-20)32-22-7-4-5-8-22/h6,9-12,15-17,22H,2,4-5,7-8,13-14H2,1,3H3. The predicted octanol–water partition coefficient (Wildman–Crippen LogP) is 5.74. The van der Waals surface area contributed by atoms with Crippen molar-refractivity contribution < 1.29 is 18.6 Å². The van der Waals surface area contributed by atoms with Gasteiger partial charge in [0, 0.05) is 23.6 Å². The maximum atomic E-state index is 13.7. The molecule has 0 N–H and O–H groups in total. The van der Waals surface area contributed by atoms with Gasteiger partial charge in [0.1, 0.15) is 24.0 Å². The van der Waals surface area contributed by atoms with Crippen molar-refractivity contribution in [2.75, 3.05) is 20.3 Å². The fourth-order valence-corrected chi connectivity index (χ4v) is 3.97. The second kappa shape index (κ2) is 9.90. The highest BCUT2D eigenvalue weighted by atomic mass is 19.1. The molecule has 0 saturated heterocycles. The Labute approximate surface area is 188 Å². The molecule has 2 aromatic carbocycles. The molecule has 1 heterocycles. The van der Waals surface area contributed by atoms with Crippen molar-refractivity contribution >= 4 is 11.8 Å². The number of allylic oxidation sites excluding steroid dienone is 1. The minimum absolute atomic E-state index is 0.243. The first-order chi connectivity index (χ1) is 15.5. The van der Waals surface area contributed by atoms with Gasteiger partial charge in [-0.05, 0) is 62.4 Å². The second-order valence-electron chi connectivity index (χ2n) is 8.05. The molecule has 0 bridgehead atoms. The number of halogens is 1. The van der Waals surface area contributed by atoms with Crippen LogP contribution in [-0.2, 0) is 0 Å². The van der Waals surface area contributed by atoms with Gasteiger partial charge in [-0.15, -0.1) is 0 Å². The zero-order valence-electron chi connectivity index (χ0n) is 18.6. The molecule has 0 radical (unpaired) electrons. The first-order valence-corrected chi connectivity index (χ1v) is 11.0. The quantitative estimate of drug-likeness (QED) is 0.529. The number of aliphatic imine (C=N–C) groups is 1. The summed E-state index contributed by atoms with van der Waals surface area (Å²) in [5, 5.41) is 0. The van der Waals surface area contributed by atoms with Crippen LogP contribution in [0.5, 0.6) is 17.2 Å². The van der Waals surface area contributed by atoms with Crippen LogP contribution < -0.4 is 14.2 Å². The number of rotatable bonds is 8. The topological polar surface area (TPSA) is 43.3 Å². The molecule has 1 fully saturated rings. The van der Waals surface area contributed by atoms with Gasteiger partial charge in [-0.1, -0.05) is 18.7 Å². The van der Waals surface area contributed by atoms with E-state index in [1.54, 1.807) is 32.4 Å². The van der Waals surface area contributed by atoms with Crippen LogP contribution in [0.3, 0.4) is 0 Å². The molecule has 0 atom stereocenters. The number of hydrogen-bond donors (Lipinski definition) is 0. The van der Waals surface area contributed by atoms with Crippen LogP contribution in [0.4, 0.5) is 4.39 Å². The van der Waals surface area contributed by atoms with Gasteiger partial charge in [-0.3, -0.25) is 0 Å². The van der Waals surface area contributed by atoms with E-state index >= 15 is 0 Å². The van der Waals surface area contributed by atoms with Crippen molar-refractivity contribution in [3.8, 4) is 17.2 Å². The average molecular weight is 437 g/mol. The summed E-state index contributed by atoms with van der Waals surface area (Å²) in [7, 11) is 1.66. The predicted molar refractivity (Wildman–Crippen MR) is 125 cm³/mol. The maximum Gasteiger partial charge on any atom is 0.162 e. The monoisotopic (exact) mass is 436 g/mol. The van der Waals surface area contributed by atoms with Gasteiger partial charge in [0.2, 0.25) is 0 Å². The summed E-state index contributed by atoms with van der Waals surface area (Å²) in [6, 6.07) is 10.8. The third kappa shape index (κ3) is 4.96. The molecular weight excluding hydrogens is 407 g/mol. The van der Waals surface area contributed by atoms with Crippen LogP contribution in [-0.4, -0.2) is 37.5 Å². The highest BCUT2D eigenvalue weighted by Gasteiger charge is 2.20. The second-order valence-corrected chi connectivity index (χ2v) is 8.05. The molecule has 1 aliphatic carbocycles. The summed E-state index contributed by atoms with van der Waals surface area (Å²) in [6.07, 6.45) is 8.62. The Hall–Kier alpha value is -3.28. The van der Waals surface area contributed by atoms with E-state index in [9.17, 15) is 4.39 Å². The lowest BCUT2D eigenvalue weighted by Gasteiger charge is -2.25. The SMILES string of the molecule is C=C1N=CC(c2ccc(OC)c(OC3CCCC3)c2)=CN1CCOc1cccc(F)c1C. The summed E-state index contributed by atoms with van der Waals surface area (Å²) in [6.45, 7) is 6.64. The molecule has 1 saturated carbocycles. The maximum absolute atomic E-state index is 13.7. The summed E-state index contributed by atoms with van der Waals surface area (Å²) >= 11 is 0. The Balaban J connectivity index is 1.47. The van der Waals surface area contributed by atoms with E-state index in [0.717, 1.165) is 35.5 Å². The Kier molecular flexibility index (Phi) is 6.78. The van der Waals surface area contributed by atoms with Gasteiger partial charge in [-0.2, -0.15) is 0 Å². The third-order valence-electron chi connectivity index (χ3n) is 5.88. The molecule has 32 heavy (non-hydrogen) atoms. The van der Waals surface area contributed by atoms with Gasteiger partial charge in [0.15, 0.2) is 11.5 Å². The van der Waals surface area contributed by atoms with E-state index in [1.165, 1.54) is 18.9 Å². The number of ether oxygens (including phenoxy) is 3. The molecule has 0 unspecified atom stereocenters. The number of nitrogens with zero attached hydrogens (tertiary/aromatic N) is 2. The summed E-state index contributed by atoms with van der Waals surface area (Å²) in [5.74, 6) is 2.39. The van der Waals surface area contributed by atoms with Crippen LogP contribution in [0, 0.1) is 12.7 Å². The molecule has 5 nitrogen and oxygen atoms in total. The zero-order chi connectivity index (χ0) is 22.5. The van der Waals surface area contributed by atoms with Crippen LogP contribution in [0.15, 0.2) is 60.0 Å². The molecule has 6 heteroatoms. The molecule has 0 aromatic heterocycles. The molecule has 168 valence electrons.